The molecule has 2 rings (SSSR count). The molecule has 0 aromatic heterocycles. The van der Waals surface area contributed by atoms with Crippen molar-refractivity contribution < 1.29 is 5.11 Å². The highest BCUT2D eigenvalue weighted by Crippen LogP contribution is 2.35. The molecule has 1 aliphatic heterocycles. The number of rotatable bonds is 1. The third kappa shape index (κ3) is 1.96. The topological polar surface area (TPSA) is 23.5 Å². The van der Waals surface area contributed by atoms with E-state index < -0.39 is 0 Å². The molecule has 1 saturated heterocycles. The summed E-state index contributed by atoms with van der Waals surface area (Å²) in [5, 5.41) is 9.68. The summed E-state index contributed by atoms with van der Waals surface area (Å²) >= 11 is 0. The van der Waals surface area contributed by atoms with Gasteiger partial charge in [-0.05, 0) is 58.9 Å². The quantitative estimate of drug-likeness (QED) is 0.696. The molecule has 1 aliphatic carbocycles. The summed E-state index contributed by atoms with van der Waals surface area (Å²) in [6, 6.07) is 0.649. The lowest BCUT2D eigenvalue weighted by Crippen LogP contribution is -2.48. The van der Waals surface area contributed by atoms with Crippen molar-refractivity contribution in [2.45, 2.75) is 70.1 Å². The Balaban J connectivity index is 2.00. The van der Waals surface area contributed by atoms with E-state index in [0.717, 1.165) is 12.8 Å². The zero-order chi connectivity index (χ0) is 10.2. The van der Waals surface area contributed by atoms with Gasteiger partial charge < -0.3 is 5.11 Å². The molecule has 2 unspecified atom stereocenters. The molecule has 0 spiro atoms. The van der Waals surface area contributed by atoms with Gasteiger partial charge in [0, 0.05) is 11.6 Å². The SMILES string of the molecule is CC1(C)CCCN1C1CCCC(O)C1. The number of hydrogen-bond donors (Lipinski definition) is 1. The predicted molar refractivity (Wildman–Crippen MR) is 58.3 cm³/mol. The minimum atomic E-state index is -0.0369. The molecule has 2 nitrogen and oxygen atoms in total. The minimum absolute atomic E-state index is 0.0369. The molecule has 14 heavy (non-hydrogen) atoms. The van der Waals surface area contributed by atoms with Gasteiger partial charge in [0.2, 0.25) is 0 Å². The van der Waals surface area contributed by atoms with Crippen LogP contribution in [0.4, 0.5) is 0 Å². The first-order valence-electron chi connectivity index (χ1n) is 6.04. The average Bonchev–Trinajstić information content (AvgIpc) is 2.45. The monoisotopic (exact) mass is 197 g/mol. The highest BCUT2D eigenvalue weighted by atomic mass is 16.3. The van der Waals surface area contributed by atoms with Gasteiger partial charge in [0.25, 0.3) is 0 Å². The van der Waals surface area contributed by atoms with E-state index in [1.807, 2.05) is 0 Å². The van der Waals surface area contributed by atoms with Gasteiger partial charge in [-0.2, -0.15) is 0 Å². The van der Waals surface area contributed by atoms with Crippen LogP contribution in [-0.4, -0.2) is 34.2 Å². The number of hydrogen-bond acceptors (Lipinski definition) is 2. The lowest BCUT2D eigenvalue weighted by atomic mass is 9.89. The van der Waals surface area contributed by atoms with Crippen molar-refractivity contribution in [2.24, 2.45) is 0 Å². The molecular formula is C12H23NO. The van der Waals surface area contributed by atoms with E-state index in [1.165, 1.54) is 32.2 Å². The number of aliphatic hydroxyl groups is 1. The largest absolute Gasteiger partial charge is 0.393 e. The van der Waals surface area contributed by atoms with E-state index in [4.69, 9.17) is 0 Å². The Morgan fingerprint density at radius 3 is 2.57 bits per heavy atom. The van der Waals surface area contributed by atoms with Crippen LogP contribution in [0.3, 0.4) is 0 Å². The fourth-order valence-corrected chi connectivity index (χ4v) is 3.23. The molecule has 0 radical (unpaired) electrons. The fraction of sp³-hybridized carbons (Fsp3) is 1.00. The third-order valence-electron chi connectivity index (χ3n) is 4.02. The number of aliphatic hydroxyl groups excluding tert-OH is 1. The Morgan fingerprint density at radius 2 is 2.00 bits per heavy atom. The van der Waals surface area contributed by atoms with Gasteiger partial charge in [-0.1, -0.05) is 0 Å². The van der Waals surface area contributed by atoms with Crippen molar-refractivity contribution in [1.82, 2.24) is 4.90 Å². The van der Waals surface area contributed by atoms with Crippen molar-refractivity contribution in [3.63, 3.8) is 0 Å². The van der Waals surface area contributed by atoms with Crippen LogP contribution in [0.5, 0.6) is 0 Å². The molecule has 2 atom stereocenters. The van der Waals surface area contributed by atoms with Crippen LogP contribution in [0, 0.1) is 0 Å². The lowest BCUT2D eigenvalue weighted by molar-refractivity contribution is 0.0330. The van der Waals surface area contributed by atoms with E-state index in [0.29, 0.717) is 11.6 Å². The maximum atomic E-state index is 9.68. The molecule has 0 aromatic rings. The van der Waals surface area contributed by atoms with E-state index in [2.05, 4.69) is 18.7 Å². The summed E-state index contributed by atoms with van der Waals surface area (Å²) in [4.78, 5) is 2.63. The molecule has 1 N–H and O–H groups in total. The summed E-state index contributed by atoms with van der Waals surface area (Å²) in [7, 11) is 0. The highest BCUT2D eigenvalue weighted by molar-refractivity contribution is 4.93. The number of likely N-dealkylation sites (tertiary alicyclic amines) is 1. The Kier molecular flexibility index (Phi) is 2.85. The predicted octanol–water partition coefficient (Wildman–Crippen LogP) is 2.16. The molecule has 1 heterocycles. The molecule has 0 amide bonds. The smallest absolute Gasteiger partial charge is 0.0555 e. The van der Waals surface area contributed by atoms with Crippen molar-refractivity contribution >= 4 is 0 Å². The van der Waals surface area contributed by atoms with Crippen LogP contribution in [-0.2, 0) is 0 Å². The van der Waals surface area contributed by atoms with Gasteiger partial charge in [-0.15, -0.1) is 0 Å². The molecule has 1 saturated carbocycles. The van der Waals surface area contributed by atoms with Crippen LogP contribution >= 0.6 is 0 Å². The fourth-order valence-electron chi connectivity index (χ4n) is 3.23. The van der Waals surface area contributed by atoms with Crippen LogP contribution in [0.25, 0.3) is 0 Å². The summed E-state index contributed by atoms with van der Waals surface area (Å²) in [5.41, 5.74) is 0.377. The first kappa shape index (κ1) is 10.4. The number of nitrogens with zero attached hydrogens (tertiary/aromatic N) is 1. The first-order chi connectivity index (χ1) is 6.59. The van der Waals surface area contributed by atoms with Crippen LogP contribution < -0.4 is 0 Å². The van der Waals surface area contributed by atoms with E-state index >= 15 is 0 Å². The summed E-state index contributed by atoms with van der Waals surface area (Å²) < 4.78 is 0. The van der Waals surface area contributed by atoms with Crippen LogP contribution in [0.15, 0.2) is 0 Å². The minimum Gasteiger partial charge on any atom is -0.393 e. The zero-order valence-electron chi connectivity index (χ0n) is 9.50. The second-order valence-electron chi connectivity index (χ2n) is 5.58. The molecule has 2 heteroatoms. The Labute approximate surface area is 87.3 Å². The van der Waals surface area contributed by atoms with Gasteiger partial charge in [-0.3, -0.25) is 4.90 Å². The second-order valence-corrected chi connectivity index (χ2v) is 5.58. The Bertz CT molecular complexity index is 202. The van der Waals surface area contributed by atoms with Gasteiger partial charge in [0.05, 0.1) is 6.10 Å². The summed E-state index contributed by atoms with van der Waals surface area (Å²) in [6.07, 6.45) is 7.14. The summed E-state index contributed by atoms with van der Waals surface area (Å²) in [5.74, 6) is 0. The molecule has 0 aromatic carbocycles. The summed E-state index contributed by atoms with van der Waals surface area (Å²) in [6.45, 7) is 5.94. The van der Waals surface area contributed by atoms with Crippen LogP contribution in [0.2, 0.25) is 0 Å². The molecule has 2 fully saturated rings. The van der Waals surface area contributed by atoms with Gasteiger partial charge in [0.1, 0.15) is 0 Å². The molecule has 2 aliphatic rings. The maximum absolute atomic E-state index is 9.68. The van der Waals surface area contributed by atoms with E-state index in [9.17, 15) is 5.11 Å². The van der Waals surface area contributed by atoms with Gasteiger partial charge in [-0.25, -0.2) is 0 Å². The molecule has 82 valence electrons. The molecular weight excluding hydrogens is 174 g/mol. The van der Waals surface area contributed by atoms with E-state index in [-0.39, 0.29) is 6.10 Å². The van der Waals surface area contributed by atoms with Crippen molar-refractivity contribution in [1.29, 1.82) is 0 Å². The van der Waals surface area contributed by atoms with Crippen molar-refractivity contribution in [3.8, 4) is 0 Å². The maximum Gasteiger partial charge on any atom is 0.0555 e. The van der Waals surface area contributed by atoms with Crippen molar-refractivity contribution in [3.05, 3.63) is 0 Å². The molecule has 0 bridgehead atoms. The van der Waals surface area contributed by atoms with Gasteiger partial charge >= 0.3 is 0 Å². The lowest BCUT2D eigenvalue weighted by Gasteiger charge is -2.41. The van der Waals surface area contributed by atoms with Crippen molar-refractivity contribution in [2.75, 3.05) is 6.54 Å². The van der Waals surface area contributed by atoms with E-state index in [1.54, 1.807) is 0 Å². The Hall–Kier alpha value is -0.0800. The highest BCUT2D eigenvalue weighted by Gasteiger charge is 2.38. The Morgan fingerprint density at radius 1 is 1.21 bits per heavy atom. The van der Waals surface area contributed by atoms with Crippen LogP contribution in [0.1, 0.15) is 52.4 Å². The normalized spacial score (nSPS) is 38.8. The third-order valence-corrected chi connectivity index (χ3v) is 4.02. The zero-order valence-corrected chi connectivity index (χ0v) is 9.50. The van der Waals surface area contributed by atoms with Gasteiger partial charge in [0.15, 0.2) is 0 Å². The second kappa shape index (κ2) is 3.82. The average molecular weight is 197 g/mol. The first-order valence-corrected chi connectivity index (χ1v) is 6.04. The standard InChI is InChI=1S/C12H23NO/c1-12(2)7-4-8-13(12)10-5-3-6-11(14)9-10/h10-11,14H,3-9H2,1-2H3.